The van der Waals surface area contributed by atoms with E-state index in [2.05, 4.69) is 17.8 Å². The first-order chi connectivity index (χ1) is 13.5. The molecule has 1 aromatic heterocycles. The number of non-ortho nitro benzene ring substituents is 1. The third-order valence-electron chi connectivity index (χ3n) is 3.94. The minimum Gasteiger partial charge on any atom is -0.304 e. The van der Waals surface area contributed by atoms with Crippen molar-refractivity contribution in [2.24, 2.45) is 4.99 Å². The number of amides is 1. The second kappa shape index (κ2) is 8.87. The third-order valence-corrected chi connectivity index (χ3v) is 5.89. The van der Waals surface area contributed by atoms with Crippen LogP contribution in [0.15, 0.2) is 52.4 Å². The molecule has 8 heteroatoms. The van der Waals surface area contributed by atoms with E-state index < -0.39 is 4.92 Å². The van der Waals surface area contributed by atoms with Crippen LogP contribution in [0.3, 0.4) is 0 Å². The zero-order valence-corrected chi connectivity index (χ0v) is 16.8. The molecule has 0 saturated heterocycles. The van der Waals surface area contributed by atoms with E-state index in [-0.39, 0.29) is 24.6 Å². The Morgan fingerprint density at radius 3 is 2.71 bits per heavy atom. The van der Waals surface area contributed by atoms with Gasteiger partial charge < -0.3 is 4.57 Å². The van der Waals surface area contributed by atoms with Crippen LogP contribution >= 0.6 is 23.1 Å². The van der Waals surface area contributed by atoms with Crippen LogP contribution in [-0.4, -0.2) is 21.2 Å². The quantitative estimate of drug-likeness (QED) is 0.266. The predicted octanol–water partition coefficient (Wildman–Crippen LogP) is 4.03. The molecule has 0 radical (unpaired) electrons. The van der Waals surface area contributed by atoms with Crippen LogP contribution in [0.5, 0.6) is 0 Å². The number of fused-ring (bicyclic) bond motifs is 1. The highest BCUT2D eigenvalue weighted by Gasteiger charge is 2.13. The van der Waals surface area contributed by atoms with Gasteiger partial charge in [-0.15, -0.1) is 18.2 Å². The molecular formula is C20H17N3O3S2. The van der Waals surface area contributed by atoms with E-state index in [1.807, 2.05) is 24.3 Å². The van der Waals surface area contributed by atoms with E-state index in [9.17, 15) is 14.9 Å². The molecule has 0 saturated carbocycles. The molecule has 0 atom stereocenters. The highest BCUT2D eigenvalue weighted by Crippen LogP contribution is 2.23. The number of terminal acetylenes is 1. The van der Waals surface area contributed by atoms with Gasteiger partial charge in [0.25, 0.3) is 11.6 Å². The average molecular weight is 412 g/mol. The fraction of sp³-hybridized carbons (Fsp3) is 0.200. The number of hydrogen-bond acceptors (Lipinski definition) is 5. The molecule has 0 aliphatic heterocycles. The lowest BCUT2D eigenvalue weighted by Gasteiger charge is -2.01. The van der Waals surface area contributed by atoms with Crippen molar-refractivity contribution in [3.8, 4) is 12.3 Å². The Labute approximate surface area is 170 Å². The summed E-state index contributed by atoms with van der Waals surface area (Å²) in [7, 11) is 0. The number of thioether (sulfide) groups is 1. The van der Waals surface area contributed by atoms with E-state index in [0.29, 0.717) is 10.3 Å². The Hall–Kier alpha value is -2.89. The van der Waals surface area contributed by atoms with Crippen LogP contribution in [0.25, 0.3) is 10.2 Å². The largest absolute Gasteiger partial charge is 0.304 e. The Morgan fingerprint density at radius 2 is 2.07 bits per heavy atom. The smallest absolute Gasteiger partial charge is 0.271 e. The summed E-state index contributed by atoms with van der Waals surface area (Å²) < 4.78 is 2.44. The first-order valence-electron chi connectivity index (χ1n) is 8.52. The van der Waals surface area contributed by atoms with E-state index >= 15 is 0 Å². The van der Waals surface area contributed by atoms with Crippen molar-refractivity contribution in [1.82, 2.24) is 4.57 Å². The summed E-state index contributed by atoms with van der Waals surface area (Å²) in [6, 6.07) is 12.4. The van der Waals surface area contributed by atoms with Crippen molar-refractivity contribution in [1.29, 1.82) is 0 Å². The van der Waals surface area contributed by atoms with Gasteiger partial charge in [0.2, 0.25) is 0 Å². The molecule has 1 amide bonds. The summed E-state index contributed by atoms with van der Waals surface area (Å²) in [5, 5.41) is 11.0. The lowest BCUT2D eigenvalue weighted by molar-refractivity contribution is -0.384. The standard InChI is InChI=1S/C20H17N3O3S2/c1-3-11-22-17-13-15(23(25)26)7-10-18(17)28-20(22)21-19(24)12-14-5-8-16(9-6-14)27-4-2/h1,5-10,13H,4,11-12H2,2H3. The normalized spacial score (nSPS) is 11.5. The van der Waals surface area contributed by atoms with E-state index in [1.165, 1.54) is 23.5 Å². The lowest BCUT2D eigenvalue weighted by Crippen LogP contribution is -2.17. The number of hydrogen-bond donors (Lipinski definition) is 0. The molecule has 0 fully saturated rings. The van der Waals surface area contributed by atoms with Crippen molar-refractivity contribution in [2.45, 2.75) is 24.8 Å². The second-order valence-corrected chi connectivity index (χ2v) is 8.19. The van der Waals surface area contributed by atoms with Crippen molar-refractivity contribution >= 4 is 44.9 Å². The molecule has 6 nitrogen and oxygen atoms in total. The number of aromatic nitrogens is 1. The molecule has 0 aliphatic carbocycles. The van der Waals surface area contributed by atoms with Gasteiger partial charge in [-0.05, 0) is 29.5 Å². The van der Waals surface area contributed by atoms with E-state index in [4.69, 9.17) is 6.42 Å². The maximum Gasteiger partial charge on any atom is 0.271 e. The minimum atomic E-state index is -0.459. The number of rotatable bonds is 6. The van der Waals surface area contributed by atoms with Crippen molar-refractivity contribution < 1.29 is 9.72 Å². The molecule has 142 valence electrons. The van der Waals surface area contributed by atoms with Crippen LogP contribution in [0.2, 0.25) is 0 Å². The van der Waals surface area contributed by atoms with Gasteiger partial charge in [-0.25, -0.2) is 0 Å². The van der Waals surface area contributed by atoms with Crippen LogP contribution in [0.1, 0.15) is 12.5 Å². The molecule has 28 heavy (non-hydrogen) atoms. The summed E-state index contributed by atoms with van der Waals surface area (Å²) in [4.78, 5) is 28.9. The van der Waals surface area contributed by atoms with Gasteiger partial charge in [0.15, 0.2) is 4.80 Å². The zero-order valence-electron chi connectivity index (χ0n) is 15.1. The third kappa shape index (κ3) is 4.50. The summed E-state index contributed by atoms with van der Waals surface area (Å²) in [5.74, 6) is 3.22. The maximum absolute atomic E-state index is 12.5. The number of carbonyl (C=O) groups excluding carboxylic acids is 1. The van der Waals surface area contributed by atoms with Gasteiger partial charge in [0, 0.05) is 17.0 Å². The van der Waals surface area contributed by atoms with Crippen LogP contribution < -0.4 is 4.80 Å². The number of carbonyl (C=O) groups is 1. The molecule has 0 aliphatic rings. The van der Waals surface area contributed by atoms with Crippen LogP contribution in [0.4, 0.5) is 5.69 Å². The van der Waals surface area contributed by atoms with E-state index in [0.717, 1.165) is 20.9 Å². The van der Waals surface area contributed by atoms with Gasteiger partial charge in [-0.2, -0.15) is 4.99 Å². The highest BCUT2D eigenvalue weighted by molar-refractivity contribution is 7.99. The molecule has 1 heterocycles. The topological polar surface area (TPSA) is 77.5 Å². The Morgan fingerprint density at radius 1 is 1.32 bits per heavy atom. The molecule has 0 spiro atoms. The summed E-state index contributed by atoms with van der Waals surface area (Å²) in [5.41, 5.74) is 1.46. The van der Waals surface area contributed by atoms with Gasteiger partial charge >= 0.3 is 0 Å². The van der Waals surface area contributed by atoms with Crippen molar-refractivity contribution in [3.63, 3.8) is 0 Å². The molecular weight excluding hydrogens is 394 g/mol. The van der Waals surface area contributed by atoms with Gasteiger partial charge in [-0.3, -0.25) is 14.9 Å². The van der Waals surface area contributed by atoms with Crippen LogP contribution in [-0.2, 0) is 17.8 Å². The number of nitro groups is 1. The number of nitrogens with zero attached hydrogens (tertiary/aromatic N) is 3. The monoisotopic (exact) mass is 411 g/mol. The Bertz CT molecular complexity index is 1140. The first kappa shape index (κ1) is 19.9. The molecule has 3 aromatic rings. The van der Waals surface area contributed by atoms with Gasteiger partial charge in [0.1, 0.15) is 0 Å². The molecule has 0 N–H and O–H groups in total. The Balaban J connectivity index is 1.93. The zero-order chi connectivity index (χ0) is 20.1. The van der Waals surface area contributed by atoms with Crippen molar-refractivity contribution in [3.05, 3.63) is 62.9 Å². The predicted molar refractivity (Wildman–Crippen MR) is 112 cm³/mol. The summed E-state index contributed by atoms with van der Waals surface area (Å²) in [6.07, 6.45) is 5.62. The van der Waals surface area contributed by atoms with Gasteiger partial charge in [-0.1, -0.05) is 36.3 Å². The highest BCUT2D eigenvalue weighted by atomic mass is 32.2. The lowest BCUT2D eigenvalue weighted by atomic mass is 10.1. The Kier molecular flexibility index (Phi) is 6.29. The molecule has 0 unspecified atom stereocenters. The molecule has 0 bridgehead atoms. The van der Waals surface area contributed by atoms with Crippen molar-refractivity contribution in [2.75, 3.05) is 5.75 Å². The van der Waals surface area contributed by atoms with Gasteiger partial charge in [0.05, 0.1) is 28.1 Å². The maximum atomic E-state index is 12.5. The second-order valence-electron chi connectivity index (χ2n) is 5.84. The summed E-state index contributed by atoms with van der Waals surface area (Å²) >= 11 is 3.03. The fourth-order valence-corrected chi connectivity index (χ4v) is 4.38. The molecule has 2 aromatic carbocycles. The fourth-order valence-electron chi connectivity index (χ4n) is 2.69. The first-order valence-corrected chi connectivity index (χ1v) is 10.3. The number of thiazole rings is 1. The SMILES string of the molecule is C#CCn1c(=NC(=O)Cc2ccc(SCC)cc2)sc2ccc([N+](=O)[O-])cc21. The van der Waals surface area contributed by atoms with Crippen LogP contribution in [0, 0.1) is 22.5 Å². The number of nitro benzene ring substituents is 1. The minimum absolute atomic E-state index is 0.0287. The van der Waals surface area contributed by atoms with E-state index in [1.54, 1.807) is 22.4 Å². The summed E-state index contributed by atoms with van der Waals surface area (Å²) in [6.45, 7) is 2.27. The average Bonchev–Trinajstić information content (AvgIpc) is 3.00. The molecule has 3 rings (SSSR count). The number of benzene rings is 2.